The van der Waals surface area contributed by atoms with Crippen LogP contribution in [0.1, 0.15) is 29.7 Å². The number of methoxy groups -OCH3 is 2. The fourth-order valence-electron chi connectivity index (χ4n) is 3.70. The van der Waals surface area contributed by atoms with Crippen LogP contribution < -0.4 is 19.5 Å². The Morgan fingerprint density at radius 2 is 1.56 bits per heavy atom. The maximum absolute atomic E-state index is 13.4. The van der Waals surface area contributed by atoms with Crippen LogP contribution in [0.4, 0.5) is 0 Å². The standard InChI is InChI=1S/C26H30N2O5S/c1-18-14-15-24(33-4)25(16-18)34(30,31)28-22(17-20-10-6-5-7-11-20)26(29)27-19(2)21-12-8-9-13-23(21)32-3/h5-16,19,22,28H,17H2,1-4H3,(H,27,29). The van der Waals surface area contributed by atoms with Crippen LogP contribution in [0.5, 0.6) is 11.5 Å². The molecule has 2 unspecified atom stereocenters. The maximum Gasteiger partial charge on any atom is 0.244 e. The molecule has 2 N–H and O–H groups in total. The van der Waals surface area contributed by atoms with E-state index in [0.717, 1.165) is 16.7 Å². The van der Waals surface area contributed by atoms with E-state index in [-0.39, 0.29) is 17.1 Å². The van der Waals surface area contributed by atoms with Crippen LogP contribution >= 0.6 is 0 Å². The molecule has 0 aliphatic heterocycles. The van der Waals surface area contributed by atoms with Gasteiger partial charge in [-0.05, 0) is 49.6 Å². The third kappa shape index (κ3) is 6.15. The summed E-state index contributed by atoms with van der Waals surface area (Å²) in [5.41, 5.74) is 2.38. The molecule has 3 aromatic rings. The van der Waals surface area contributed by atoms with E-state index < -0.39 is 28.0 Å². The molecule has 0 saturated heterocycles. The molecular formula is C26H30N2O5S. The van der Waals surface area contributed by atoms with E-state index in [1.807, 2.05) is 61.5 Å². The highest BCUT2D eigenvalue weighted by molar-refractivity contribution is 7.89. The number of hydrogen-bond donors (Lipinski definition) is 2. The minimum Gasteiger partial charge on any atom is -0.496 e. The number of benzene rings is 3. The van der Waals surface area contributed by atoms with Gasteiger partial charge in [-0.25, -0.2) is 8.42 Å². The predicted molar refractivity (Wildman–Crippen MR) is 132 cm³/mol. The van der Waals surface area contributed by atoms with Crippen molar-refractivity contribution in [2.45, 2.75) is 37.2 Å². The summed E-state index contributed by atoms with van der Waals surface area (Å²) in [4.78, 5) is 13.3. The van der Waals surface area contributed by atoms with Gasteiger partial charge in [-0.1, -0.05) is 54.6 Å². The van der Waals surface area contributed by atoms with Crippen molar-refractivity contribution < 1.29 is 22.7 Å². The smallest absolute Gasteiger partial charge is 0.244 e. The third-order valence-corrected chi connectivity index (χ3v) is 6.96. The van der Waals surface area contributed by atoms with Crippen molar-refractivity contribution in [1.82, 2.24) is 10.0 Å². The van der Waals surface area contributed by atoms with Crippen LogP contribution in [0.15, 0.2) is 77.7 Å². The zero-order valence-corrected chi connectivity index (χ0v) is 20.6. The first-order valence-corrected chi connectivity index (χ1v) is 12.4. The molecule has 0 spiro atoms. The molecular weight excluding hydrogens is 452 g/mol. The number of para-hydroxylation sites is 1. The van der Waals surface area contributed by atoms with Crippen molar-refractivity contribution in [1.29, 1.82) is 0 Å². The molecule has 34 heavy (non-hydrogen) atoms. The minimum absolute atomic E-state index is 0.0151. The van der Waals surface area contributed by atoms with E-state index in [0.29, 0.717) is 5.75 Å². The largest absolute Gasteiger partial charge is 0.496 e. The Labute approximate surface area is 201 Å². The molecule has 8 heteroatoms. The molecule has 3 aromatic carbocycles. The fraction of sp³-hybridized carbons (Fsp3) is 0.269. The summed E-state index contributed by atoms with van der Waals surface area (Å²) >= 11 is 0. The normalized spacial score (nSPS) is 13.1. The Bertz CT molecular complexity index is 1230. The van der Waals surface area contributed by atoms with E-state index in [1.54, 1.807) is 26.2 Å². The molecule has 0 aliphatic carbocycles. The number of aryl methyl sites for hydroxylation is 1. The quantitative estimate of drug-likeness (QED) is 0.459. The van der Waals surface area contributed by atoms with Gasteiger partial charge in [0.25, 0.3) is 0 Å². The van der Waals surface area contributed by atoms with Gasteiger partial charge < -0.3 is 14.8 Å². The Kier molecular flexibility index (Phi) is 8.31. The second-order valence-electron chi connectivity index (χ2n) is 7.99. The van der Waals surface area contributed by atoms with Gasteiger partial charge in [0.05, 0.1) is 20.3 Å². The van der Waals surface area contributed by atoms with Gasteiger partial charge >= 0.3 is 0 Å². The van der Waals surface area contributed by atoms with Crippen molar-refractivity contribution >= 4 is 15.9 Å². The highest BCUT2D eigenvalue weighted by atomic mass is 32.2. The zero-order valence-electron chi connectivity index (χ0n) is 19.7. The average Bonchev–Trinajstić information content (AvgIpc) is 2.84. The summed E-state index contributed by atoms with van der Waals surface area (Å²) in [5.74, 6) is 0.400. The Balaban J connectivity index is 1.91. The Hall–Kier alpha value is -3.36. The summed E-state index contributed by atoms with van der Waals surface area (Å²) in [6.07, 6.45) is 0.179. The molecule has 0 aliphatic rings. The maximum atomic E-state index is 13.4. The van der Waals surface area contributed by atoms with Gasteiger partial charge in [-0.3, -0.25) is 4.79 Å². The average molecular weight is 483 g/mol. The minimum atomic E-state index is -4.06. The number of hydrogen-bond acceptors (Lipinski definition) is 5. The number of ether oxygens (including phenoxy) is 2. The topological polar surface area (TPSA) is 93.7 Å². The number of sulfonamides is 1. The molecule has 0 bridgehead atoms. The monoisotopic (exact) mass is 482 g/mol. The Morgan fingerprint density at radius 3 is 2.24 bits per heavy atom. The number of amides is 1. The van der Waals surface area contributed by atoms with E-state index in [2.05, 4.69) is 10.0 Å². The first-order valence-electron chi connectivity index (χ1n) is 10.9. The lowest BCUT2D eigenvalue weighted by molar-refractivity contribution is -0.123. The molecule has 7 nitrogen and oxygen atoms in total. The summed E-state index contributed by atoms with van der Waals surface area (Å²) in [6, 6.07) is 20.1. The van der Waals surface area contributed by atoms with Gasteiger partial charge in [0.2, 0.25) is 15.9 Å². The van der Waals surface area contributed by atoms with Crippen LogP contribution in [0.2, 0.25) is 0 Å². The predicted octanol–water partition coefficient (Wildman–Crippen LogP) is 3.78. The molecule has 0 saturated carbocycles. The van der Waals surface area contributed by atoms with E-state index in [9.17, 15) is 13.2 Å². The fourth-order valence-corrected chi connectivity index (χ4v) is 5.15. The molecule has 1 amide bonds. The molecule has 3 rings (SSSR count). The van der Waals surface area contributed by atoms with Crippen LogP contribution in [0.25, 0.3) is 0 Å². The van der Waals surface area contributed by atoms with Crippen molar-refractivity contribution in [2.24, 2.45) is 0 Å². The van der Waals surface area contributed by atoms with Gasteiger partial charge in [-0.2, -0.15) is 4.72 Å². The van der Waals surface area contributed by atoms with Gasteiger partial charge in [0.1, 0.15) is 22.4 Å². The summed E-state index contributed by atoms with van der Waals surface area (Å²) in [7, 11) is -1.09. The molecule has 180 valence electrons. The zero-order chi connectivity index (χ0) is 24.7. The van der Waals surface area contributed by atoms with Gasteiger partial charge in [0.15, 0.2) is 0 Å². The molecule has 2 atom stereocenters. The van der Waals surface area contributed by atoms with E-state index >= 15 is 0 Å². The lowest BCUT2D eigenvalue weighted by Gasteiger charge is -2.23. The third-order valence-electron chi connectivity index (χ3n) is 5.47. The number of carbonyl (C=O) groups excluding carboxylic acids is 1. The lowest BCUT2D eigenvalue weighted by atomic mass is 10.0. The SMILES string of the molecule is COc1ccccc1C(C)NC(=O)C(Cc1ccccc1)NS(=O)(=O)c1cc(C)ccc1OC. The van der Waals surface area contributed by atoms with Crippen LogP contribution in [-0.4, -0.2) is 34.6 Å². The summed E-state index contributed by atoms with van der Waals surface area (Å²) < 4.78 is 39.9. The molecule has 0 aromatic heterocycles. The van der Waals surface area contributed by atoms with Crippen LogP contribution in [0.3, 0.4) is 0 Å². The van der Waals surface area contributed by atoms with Crippen molar-refractivity contribution in [3.63, 3.8) is 0 Å². The van der Waals surface area contributed by atoms with Crippen molar-refractivity contribution in [3.8, 4) is 11.5 Å². The number of carbonyl (C=O) groups is 1. The van der Waals surface area contributed by atoms with Crippen LogP contribution in [0, 0.1) is 6.92 Å². The van der Waals surface area contributed by atoms with Crippen LogP contribution in [-0.2, 0) is 21.2 Å². The summed E-state index contributed by atoms with van der Waals surface area (Å²) in [5, 5.41) is 2.93. The van der Waals surface area contributed by atoms with Crippen molar-refractivity contribution in [3.05, 3.63) is 89.5 Å². The number of rotatable bonds is 10. The first-order chi connectivity index (χ1) is 16.2. The van der Waals surface area contributed by atoms with Gasteiger partial charge in [0, 0.05) is 5.56 Å². The second-order valence-corrected chi connectivity index (χ2v) is 9.67. The van der Waals surface area contributed by atoms with E-state index in [4.69, 9.17) is 9.47 Å². The molecule has 0 heterocycles. The summed E-state index contributed by atoms with van der Waals surface area (Å²) in [6.45, 7) is 3.62. The highest BCUT2D eigenvalue weighted by Gasteiger charge is 2.29. The highest BCUT2D eigenvalue weighted by Crippen LogP contribution is 2.26. The van der Waals surface area contributed by atoms with Gasteiger partial charge in [-0.15, -0.1) is 0 Å². The van der Waals surface area contributed by atoms with Crippen molar-refractivity contribution in [2.75, 3.05) is 14.2 Å². The number of nitrogens with one attached hydrogen (secondary N) is 2. The Morgan fingerprint density at radius 1 is 0.912 bits per heavy atom. The molecule has 0 radical (unpaired) electrons. The first kappa shape index (κ1) is 25.3. The lowest BCUT2D eigenvalue weighted by Crippen LogP contribution is -2.48. The van der Waals surface area contributed by atoms with E-state index in [1.165, 1.54) is 13.2 Å². The molecule has 0 fully saturated rings. The second kappa shape index (κ2) is 11.2.